The highest BCUT2D eigenvalue weighted by atomic mass is 35.5. The van der Waals surface area contributed by atoms with E-state index in [1.807, 2.05) is 0 Å². The van der Waals surface area contributed by atoms with E-state index in [9.17, 15) is 4.79 Å². The molecule has 0 bridgehead atoms. The van der Waals surface area contributed by atoms with Crippen LogP contribution in [0, 0.1) is 5.41 Å². The molecule has 1 aromatic carbocycles. The topological polar surface area (TPSA) is 55.1 Å². The Balaban J connectivity index is 2.70. The Labute approximate surface area is 101 Å². The summed E-state index contributed by atoms with van der Waals surface area (Å²) in [5.41, 5.74) is 6.65. The summed E-state index contributed by atoms with van der Waals surface area (Å²) in [5, 5.41) is 3.31. The predicted molar refractivity (Wildman–Crippen MR) is 67.7 cm³/mol. The molecule has 4 heteroatoms. The molecule has 0 heterocycles. The van der Waals surface area contributed by atoms with Crippen molar-refractivity contribution in [1.82, 2.24) is 5.32 Å². The standard InChI is InChI=1S/C12H17ClN2O/c1-12(2,3)7-15-11(16)8-4-5-9(13)10(14)6-8/h4-6H,7,14H2,1-3H3,(H,15,16). The van der Waals surface area contributed by atoms with Crippen LogP contribution >= 0.6 is 11.6 Å². The van der Waals surface area contributed by atoms with Crippen LogP contribution in [0.15, 0.2) is 18.2 Å². The molecule has 0 unspecified atom stereocenters. The Hall–Kier alpha value is -1.22. The monoisotopic (exact) mass is 240 g/mol. The molecule has 0 aliphatic carbocycles. The summed E-state index contributed by atoms with van der Waals surface area (Å²) in [6.45, 7) is 6.80. The van der Waals surface area contributed by atoms with Crippen LogP contribution in [0.1, 0.15) is 31.1 Å². The van der Waals surface area contributed by atoms with Gasteiger partial charge < -0.3 is 11.1 Å². The number of nitrogens with one attached hydrogen (secondary N) is 1. The van der Waals surface area contributed by atoms with Crippen molar-refractivity contribution in [3.8, 4) is 0 Å². The smallest absolute Gasteiger partial charge is 0.251 e. The average molecular weight is 241 g/mol. The molecule has 0 aromatic heterocycles. The van der Waals surface area contributed by atoms with Crippen LogP contribution in [0.2, 0.25) is 5.02 Å². The minimum Gasteiger partial charge on any atom is -0.398 e. The fourth-order valence-electron chi connectivity index (χ4n) is 1.13. The molecule has 1 amide bonds. The molecule has 1 rings (SSSR count). The molecule has 3 N–H and O–H groups in total. The Morgan fingerprint density at radius 3 is 2.56 bits per heavy atom. The second-order valence-electron chi connectivity index (χ2n) is 4.98. The van der Waals surface area contributed by atoms with Crippen LogP contribution in [0.25, 0.3) is 0 Å². The van der Waals surface area contributed by atoms with Gasteiger partial charge in [0.05, 0.1) is 10.7 Å². The number of carbonyl (C=O) groups excluding carboxylic acids is 1. The van der Waals surface area contributed by atoms with Gasteiger partial charge in [-0.15, -0.1) is 0 Å². The van der Waals surface area contributed by atoms with Crippen molar-refractivity contribution in [2.75, 3.05) is 12.3 Å². The summed E-state index contributed by atoms with van der Waals surface area (Å²) in [6, 6.07) is 4.87. The van der Waals surface area contributed by atoms with E-state index in [4.69, 9.17) is 17.3 Å². The van der Waals surface area contributed by atoms with Crippen molar-refractivity contribution < 1.29 is 4.79 Å². The third kappa shape index (κ3) is 3.74. The van der Waals surface area contributed by atoms with Crippen LogP contribution in [0.4, 0.5) is 5.69 Å². The van der Waals surface area contributed by atoms with E-state index in [1.54, 1.807) is 18.2 Å². The molecule has 0 aliphatic heterocycles. The largest absolute Gasteiger partial charge is 0.398 e. The first kappa shape index (κ1) is 12.8. The first-order chi connectivity index (χ1) is 7.29. The summed E-state index contributed by atoms with van der Waals surface area (Å²) in [7, 11) is 0. The molecule has 0 aliphatic rings. The first-order valence-corrected chi connectivity index (χ1v) is 5.50. The highest BCUT2D eigenvalue weighted by Crippen LogP contribution is 2.19. The molecule has 0 saturated carbocycles. The lowest BCUT2D eigenvalue weighted by Crippen LogP contribution is -2.32. The minimum absolute atomic E-state index is 0.0631. The van der Waals surface area contributed by atoms with E-state index < -0.39 is 0 Å². The van der Waals surface area contributed by atoms with Crippen molar-refractivity contribution in [3.63, 3.8) is 0 Å². The summed E-state index contributed by atoms with van der Waals surface area (Å²) in [4.78, 5) is 11.7. The molecular formula is C12H17ClN2O. The van der Waals surface area contributed by atoms with Crippen LogP contribution in [-0.2, 0) is 0 Å². The lowest BCUT2D eigenvalue weighted by atomic mass is 9.97. The van der Waals surface area contributed by atoms with Gasteiger partial charge in [0.1, 0.15) is 0 Å². The molecule has 1 aromatic rings. The number of benzene rings is 1. The molecule has 0 radical (unpaired) electrons. The summed E-state index contributed by atoms with van der Waals surface area (Å²) < 4.78 is 0. The number of amides is 1. The van der Waals surface area contributed by atoms with Crippen LogP contribution in [0.5, 0.6) is 0 Å². The zero-order chi connectivity index (χ0) is 12.3. The van der Waals surface area contributed by atoms with Crippen molar-refractivity contribution >= 4 is 23.2 Å². The minimum atomic E-state index is -0.127. The van der Waals surface area contributed by atoms with Gasteiger partial charge in [0.2, 0.25) is 0 Å². The zero-order valence-electron chi connectivity index (χ0n) is 9.80. The molecule has 16 heavy (non-hydrogen) atoms. The van der Waals surface area contributed by atoms with Gasteiger partial charge in [0.15, 0.2) is 0 Å². The fraction of sp³-hybridized carbons (Fsp3) is 0.417. The van der Waals surface area contributed by atoms with Crippen LogP contribution < -0.4 is 11.1 Å². The lowest BCUT2D eigenvalue weighted by molar-refractivity contribution is 0.0939. The van der Waals surface area contributed by atoms with Gasteiger partial charge in [-0.05, 0) is 23.6 Å². The summed E-state index contributed by atoms with van der Waals surface area (Å²) in [6.07, 6.45) is 0. The van der Waals surface area contributed by atoms with Crippen molar-refractivity contribution in [2.24, 2.45) is 5.41 Å². The van der Waals surface area contributed by atoms with E-state index >= 15 is 0 Å². The van der Waals surface area contributed by atoms with Crippen molar-refractivity contribution in [3.05, 3.63) is 28.8 Å². The number of nitrogens with two attached hydrogens (primary N) is 1. The van der Waals surface area contributed by atoms with Crippen molar-refractivity contribution in [1.29, 1.82) is 0 Å². The van der Waals surface area contributed by atoms with E-state index in [1.165, 1.54) is 0 Å². The number of nitrogen functional groups attached to an aromatic ring is 1. The maximum atomic E-state index is 11.7. The van der Waals surface area contributed by atoms with Gasteiger partial charge in [0, 0.05) is 12.1 Å². The maximum absolute atomic E-state index is 11.7. The van der Waals surface area contributed by atoms with Gasteiger partial charge in [0.25, 0.3) is 5.91 Å². The quantitative estimate of drug-likeness (QED) is 0.781. The fourth-order valence-corrected chi connectivity index (χ4v) is 1.25. The molecule has 0 fully saturated rings. The number of carbonyl (C=O) groups is 1. The number of rotatable bonds is 2. The van der Waals surface area contributed by atoms with Gasteiger partial charge in [-0.3, -0.25) is 4.79 Å². The van der Waals surface area contributed by atoms with Gasteiger partial charge in [-0.2, -0.15) is 0 Å². The third-order valence-corrected chi connectivity index (χ3v) is 2.38. The van der Waals surface area contributed by atoms with Crippen LogP contribution in [0.3, 0.4) is 0 Å². The Bertz CT molecular complexity index is 396. The Kier molecular flexibility index (Phi) is 3.81. The molecule has 0 saturated heterocycles. The van der Waals surface area contributed by atoms with E-state index in [-0.39, 0.29) is 11.3 Å². The lowest BCUT2D eigenvalue weighted by Gasteiger charge is -2.18. The van der Waals surface area contributed by atoms with Crippen molar-refractivity contribution in [2.45, 2.75) is 20.8 Å². The zero-order valence-corrected chi connectivity index (χ0v) is 10.6. The second-order valence-corrected chi connectivity index (χ2v) is 5.39. The van der Waals surface area contributed by atoms with Gasteiger partial charge in [-0.25, -0.2) is 0 Å². The summed E-state index contributed by atoms with van der Waals surface area (Å²) >= 11 is 5.78. The van der Waals surface area contributed by atoms with E-state index in [2.05, 4.69) is 26.1 Å². The molecule has 0 atom stereocenters. The average Bonchev–Trinajstić information content (AvgIpc) is 2.17. The molecule has 0 spiro atoms. The molecule has 88 valence electrons. The highest BCUT2D eigenvalue weighted by Gasteiger charge is 2.13. The predicted octanol–water partition coefficient (Wildman–Crippen LogP) is 2.70. The SMILES string of the molecule is CC(C)(C)CNC(=O)c1ccc(Cl)c(N)c1. The normalized spacial score (nSPS) is 11.2. The molecular weight excluding hydrogens is 224 g/mol. The highest BCUT2D eigenvalue weighted by molar-refractivity contribution is 6.33. The van der Waals surface area contributed by atoms with E-state index in [0.717, 1.165) is 0 Å². The van der Waals surface area contributed by atoms with E-state index in [0.29, 0.717) is 22.8 Å². The van der Waals surface area contributed by atoms with Gasteiger partial charge >= 0.3 is 0 Å². The number of halogens is 1. The maximum Gasteiger partial charge on any atom is 0.251 e. The number of hydrogen-bond acceptors (Lipinski definition) is 2. The van der Waals surface area contributed by atoms with Gasteiger partial charge in [-0.1, -0.05) is 32.4 Å². The second kappa shape index (κ2) is 4.74. The third-order valence-electron chi connectivity index (χ3n) is 2.04. The number of hydrogen-bond donors (Lipinski definition) is 2. The molecule has 3 nitrogen and oxygen atoms in total. The Morgan fingerprint density at radius 2 is 2.06 bits per heavy atom. The number of anilines is 1. The van der Waals surface area contributed by atoms with Crippen LogP contribution in [-0.4, -0.2) is 12.5 Å². The first-order valence-electron chi connectivity index (χ1n) is 5.13. The Morgan fingerprint density at radius 1 is 1.44 bits per heavy atom. The summed E-state index contributed by atoms with van der Waals surface area (Å²) in [5.74, 6) is -0.127.